The van der Waals surface area contributed by atoms with E-state index in [4.69, 9.17) is 10.2 Å². The van der Waals surface area contributed by atoms with Gasteiger partial charge in [-0.2, -0.15) is 0 Å². The first-order chi connectivity index (χ1) is 7.24. The standard InChI is InChI=1S/C13H12O2/c1-11(15)8-9-13-6-3-2-5-12(13)7-4-10-14/h2-3,5-6,11,14-15H,10H2,1H3. The van der Waals surface area contributed by atoms with Crippen molar-refractivity contribution in [1.82, 2.24) is 0 Å². The number of hydrogen-bond acceptors (Lipinski definition) is 2. The minimum absolute atomic E-state index is 0.168. The highest BCUT2D eigenvalue weighted by atomic mass is 16.3. The van der Waals surface area contributed by atoms with E-state index in [1.54, 1.807) is 6.92 Å². The predicted octanol–water partition coefficient (Wildman–Crippen LogP) is 0.763. The number of aliphatic hydroxyl groups excluding tert-OH is 2. The van der Waals surface area contributed by atoms with Crippen LogP contribution in [0, 0.1) is 23.7 Å². The number of rotatable bonds is 0. The lowest BCUT2D eigenvalue weighted by Crippen LogP contribution is -1.93. The van der Waals surface area contributed by atoms with Gasteiger partial charge in [0.2, 0.25) is 0 Å². The molecule has 2 nitrogen and oxygen atoms in total. The monoisotopic (exact) mass is 200 g/mol. The van der Waals surface area contributed by atoms with Crippen molar-refractivity contribution >= 4 is 0 Å². The maximum absolute atomic E-state index is 9.03. The van der Waals surface area contributed by atoms with Crippen LogP contribution in [0.15, 0.2) is 24.3 Å². The van der Waals surface area contributed by atoms with Crippen molar-refractivity contribution in [2.75, 3.05) is 6.61 Å². The van der Waals surface area contributed by atoms with Crippen LogP contribution in [0.4, 0.5) is 0 Å². The Bertz CT molecular complexity index is 439. The molecule has 1 aromatic carbocycles. The van der Waals surface area contributed by atoms with E-state index in [2.05, 4.69) is 23.7 Å². The maximum Gasteiger partial charge on any atom is 0.112 e. The van der Waals surface area contributed by atoms with Crippen molar-refractivity contribution in [1.29, 1.82) is 0 Å². The summed E-state index contributed by atoms with van der Waals surface area (Å²) in [4.78, 5) is 0. The normalized spacial score (nSPS) is 10.6. The van der Waals surface area contributed by atoms with Gasteiger partial charge in [-0.1, -0.05) is 35.8 Å². The van der Waals surface area contributed by atoms with Gasteiger partial charge < -0.3 is 10.2 Å². The molecule has 0 fully saturated rings. The zero-order valence-corrected chi connectivity index (χ0v) is 8.49. The van der Waals surface area contributed by atoms with Crippen LogP contribution < -0.4 is 0 Å². The molecule has 0 aliphatic heterocycles. The molecule has 0 aromatic heterocycles. The summed E-state index contributed by atoms with van der Waals surface area (Å²) in [5.41, 5.74) is 1.53. The first kappa shape index (κ1) is 11.3. The molecule has 0 saturated heterocycles. The van der Waals surface area contributed by atoms with E-state index < -0.39 is 6.10 Å². The summed E-state index contributed by atoms with van der Waals surface area (Å²) in [6.07, 6.45) is -0.649. The summed E-state index contributed by atoms with van der Waals surface area (Å²) < 4.78 is 0. The molecule has 0 radical (unpaired) electrons. The molecule has 0 amide bonds. The van der Waals surface area contributed by atoms with E-state index in [9.17, 15) is 0 Å². The Morgan fingerprint density at radius 1 is 1.20 bits per heavy atom. The lowest BCUT2D eigenvalue weighted by molar-refractivity contribution is 0.253. The lowest BCUT2D eigenvalue weighted by atomic mass is 10.1. The number of hydrogen-bond donors (Lipinski definition) is 2. The van der Waals surface area contributed by atoms with E-state index in [-0.39, 0.29) is 6.61 Å². The zero-order chi connectivity index (χ0) is 11.1. The van der Waals surface area contributed by atoms with Gasteiger partial charge in [-0.05, 0) is 19.1 Å². The van der Waals surface area contributed by atoms with Crippen molar-refractivity contribution in [2.45, 2.75) is 13.0 Å². The van der Waals surface area contributed by atoms with Gasteiger partial charge in [-0.25, -0.2) is 0 Å². The molecular weight excluding hydrogens is 188 g/mol. The molecule has 0 heterocycles. The van der Waals surface area contributed by atoms with Crippen molar-refractivity contribution < 1.29 is 10.2 Å². The van der Waals surface area contributed by atoms with Gasteiger partial charge in [0.1, 0.15) is 12.7 Å². The Balaban J connectivity index is 3.03. The van der Waals surface area contributed by atoms with Crippen molar-refractivity contribution in [3.05, 3.63) is 35.4 Å². The minimum Gasteiger partial charge on any atom is -0.384 e. The number of benzene rings is 1. The second-order valence-corrected chi connectivity index (χ2v) is 2.95. The Hall–Kier alpha value is -1.74. The van der Waals surface area contributed by atoms with Gasteiger partial charge >= 0.3 is 0 Å². The predicted molar refractivity (Wildman–Crippen MR) is 59.0 cm³/mol. The molecule has 0 aliphatic carbocycles. The largest absolute Gasteiger partial charge is 0.384 e. The second kappa shape index (κ2) is 5.88. The van der Waals surface area contributed by atoms with Gasteiger partial charge in [0.25, 0.3) is 0 Å². The van der Waals surface area contributed by atoms with E-state index in [1.165, 1.54) is 0 Å². The summed E-state index contributed by atoms with van der Waals surface area (Å²) in [5.74, 6) is 10.9. The highest BCUT2D eigenvalue weighted by molar-refractivity contribution is 5.50. The van der Waals surface area contributed by atoms with Gasteiger partial charge in [0.05, 0.1) is 0 Å². The summed E-state index contributed by atoms with van der Waals surface area (Å²) >= 11 is 0. The van der Waals surface area contributed by atoms with Crippen molar-refractivity contribution in [3.63, 3.8) is 0 Å². The fourth-order valence-electron chi connectivity index (χ4n) is 1.02. The molecule has 1 rings (SSSR count). The average molecular weight is 200 g/mol. The third-order valence-electron chi connectivity index (χ3n) is 1.64. The summed E-state index contributed by atoms with van der Waals surface area (Å²) in [5, 5.41) is 17.6. The summed E-state index contributed by atoms with van der Waals surface area (Å²) in [7, 11) is 0. The van der Waals surface area contributed by atoms with Crippen LogP contribution in [0.1, 0.15) is 18.1 Å². The minimum atomic E-state index is -0.649. The van der Waals surface area contributed by atoms with E-state index in [1.807, 2.05) is 24.3 Å². The van der Waals surface area contributed by atoms with Crippen LogP contribution in [0.5, 0.6) is 0 Å². The Kier molecular flexibility index (Phi) is 4.44. The van der Waals surface area contributed by atoms with E-state index in [0.29, 0.717) is 0 Å². The maximum atomic E-state index is 9.03. The molecule has 2 heteroatoms. The van der Waals surface area contributed by atoms with Crippen LogP contribution in [0.3, 0.4) is 0 Å². The molecule has 76 valence electrons. The van der Waals surface area contributed by atoms with Crippen LogP contribution in [0.2, 0.25) is 0 Å². The van der Waals surface area contributed by atoms with Crippen molar-refractivity contribution in [2.24, 2.45) is 0 Å². The first-order valence-electron chi connectivity index (χ1n) is 4.62. The van der Waals surface area contributed by atoms with Crippen LogP contribution in [0.25, 0.3) is 0 Å². The molecule has 0 bridgehead atoms. The highest BCUT2D eigenvalue weighted by Crippen LogP contribution is 2.05. The van der Waals surface area contributed by atoms with Gasteiger partial charge in [0.15, 0.2) is 0 Å². The van der Waals surface area contributed by atoms with Gasteiger partial charge in [0, 0.05) is 11.1 Å². The van der Waals surface area contributed by atoms with E-state index >= 15 is 0 Å². The second-order valence-electron chi connectivity index (χ2n) is 2.95. The van der Waals surface area contributed by atoms with Crippen molar-refractivity contribution in [3.8, 4) is 23.7 Å². The summed E-state index contributed by atoms with van der Waals surface area (Å²) in [6, 6.07) is 7.37. The topological polar surface area (TPSA) is 40.5 Å². The molecule has 1 unspecified atom stereocenters. The summed E-state index contributed by atoms with van der Waals surface area (Å²) in [6.45, 7) is 1.44. The molecule has 0 aliphatic rings. The highest BCUT2D eigenvalue weighted by Gasteiger charge is 1.94. The Morgan fingerprint density at radius 2 is 1.80 bits per heavy atom. The SMILES string of the molecule is CC(O)C#Cc1ccccc1C#CCO. The smallest absolute Gasteiger partial charge is 0.112 e. The third kappa shape index (κ3) is 3.87. The van der Waals surface area contributed by atoms with Gasteiger partial charge in [-0.15, -0.1) is 0 Å². The molecule has 15 heavy (non-hydrogen) atoms. The fraction of sp³-hybridized carbons (Fsp3) is 0.231. The van der Waals surface area contributed by atoms with Crippen LogP contribution in [-0.4, -0.2) is 22.9 Å². The Morgan fingerprint density at radius 3 is 2.33 bits per heavy atom. The average Bonchev–Trinajstić information content (AvgIpc) is 2.24. The first-order valence-corrected chi connectivity index (χ1v) is 4.62. The molecule has 2 N–H and O–H groups in total. The third-order valence-corrected chi connectivity index (χ3v) is 1.64. The molecule has 1 atom stereocenters. The quantitative estimate of drug-likeness (QED) is 0.607. The van der Waals surface area contributed by atoms with Crippen LogP contribution >= 0.6 is 0 Å². The molecule has 1 aromatic rings. The molecule has 0 spiro atoms. The lowest BCUT2D eigenvalue weighted by Gasteiger charge is -1.95. The van der Waals surface area contributed by atoms with E-state index in [0.717, 1.165) is 11.1 Å². The zero-order valence-electron chi connectivity index (χ0n) is 8.49. The van der Waals surface area contributed by atoms with Gasteiger partial charge in [-0.3, -0.25) is 0 Å². The number of aliphatic hydroxyl groups is 2. The van der Waals surface area contributed by atoms with Crippen LogP contribution in [-0.2, 0) is 0 Å². The fourth-order valence-corrected chi connectivity index (χ4v) is 1.02. The molecular formula is C13H12O2. The Labute approximate surface area is 89.6 Å². The molecule has 0 saturated carbocycles.